The molecule has 0 radical (unpaired) electrons. The Morgan fingerprint density at radius 3 is 2.44 bits per heavy atom. The number of amides is 1. The molecule has 25 heavy (non-hydrogen) atoms. The monoisotopic (exact) mass is 357 g/mol. The van der Waals surface area contributed by atoms with E-state index in [9.17, 15) is 4.79 Å². The maximum absolute atomic E-state index is 12.3. The smallest absolute Gasteiger partial charge is 0.261 e. The minimum Gasteiger partial charge on any atom is -0.480 e. The Labute approximate surface area is 155 Å². The Morgan fingerprint density at radius 2 is 1.76 bits per heavy atom. The van der Waals surface area contributed by atoms with E-state index in [-0.39, 0.29) is 5.91 Å². The Balaban J connectivity index is 1.73. The van der Waals surface area contributed by atoms with Crippen LogP contribution in [0.4, 0.5) is 0 Å². The molecule has 0 heterocycles. The van der Waals surface area contributed by atoms with Crippen molar-refractivity contribution in [2.45, 2.75) is 39.0 Å². The third kappa shape index (κ3) is 6.13. The maximum Gasteiger partial charge on any atom is 0.261 e. The molecule has 1 atom stereocenters. The molecule has 2 rings (SSSR count). The number of benzene rings is 2. The van der Waals surface area contributed by atoms with Crippen LogP contribution in [0.25, 0.3) is 0 Å². The largest absolute Gasteiger partial charge is 0.480 e. The van der Waals surface area contributed by atoms with Crippen molar-refractivity contribution in [1.29, 1.82) is 0 Å². The SMILES string of the molecule is CC[C@@H](Oc1ccccc1C)C(=O)NCCSCc1ccccc1C. The summed E-state index contributed by atoms with van der Waals surface area (Å²) in [5, 5.41) is 2.99. The molecule has 1 N–H and O–H groups in total. The van der Waals surface area contributed by atoms with E-state index in [2.05, 4.69) is 36.5 Å². The van der Waals surface area contributed by atoms with Crippen LogP contribution >= 0.6 is 11.8 Å². The molecule has 0 fully saturated rings. The van der Waals surface area contributed by atoms with Crippen LogP contribution in [0.15, 0.2) is 48.5 Å². The minimum absolute atomic E-state index is 0.0396. The molecule has 0 bridgehead atoms. The van der Waals surface area contributed by atoms with E-state index in [1.165, 1.54) is 11.1 Å². The molecule has 0 aliphatic heterocycles. The summed E-state index contributed by atoms with van der Waals surface area (Å²) in [6.07, 6.45) is 0.207. The lowest BCUT2D eigenvalue weighted by molar-refractivity contribution is -0.128. The van der Waals surface area contributed by atoms with E-state index in [1.807, 2.05) is 49.9 Å². The molecular formula is C21H27NO2S. The lowest BCUT2D eigenvalue weighted by atomic mass is 10.1. The molecule has 0 saturated heterocycles. The van der Waals surface area contributed by atoms with Gasteiger partial charge in [0.2, 0.25) is 0 Å². The van der Waals surface area contributed by atoms with Gasteiger partial charge in [-0.3, -0.25) is 4.79 Å². The van der Waals surface area contributed by atoms with Crippen molar-refractivity contribution in [1.82, 2.24) is 5.32 Å². The maximum atomic E-state index is 12.3. The van der Waals surface area contributed by atoms with Crippen LogP contribution in [-0.4, -0.2) is 24.3 Å². The highest BCUT2D eigenvalue weighted by Gasteiger charge is 2.18. The predicted molar refractivity (Wildman–Crippen MR) is 106 cm³/mol. The van der Waals surface area contributed by atoms with Crippen molar-refractivity contribution in [2.24, 2.45) is 0 Å². The number of carbonyl (C=O) groups excluding carboxylic acids is 1. The minimum atomic E-state index is -0.442. The van der Waals surface area contributed by atoms with E-state index < -0.39 is 6.10 Å². The summed E-state index contributed by atoms with van der Waals surface area (Å²) in [7, 11) is 0. The van der Waals surface area contributed by atoms with E-state index in [4.69, 9.17) is 4.74 Å². The van der Waals surface area contributed by atoms with Gasteiger partial charge in [0.05, 0.1) is 0 Å². The van der Waals surface area contributed by atoms with Gasteiger partial charge in [-0.1, -0.05) is 49.4 Å². The van der Waals surface area contributed by atoms with Crippen molar-refractivity contribution >= 4 is 17.7 Å². The molecule has 0 aliphatic carbocycles. The average Bonchev–Trinajstić information content (AvgIpc) is 2.62. The Kier molecular flexibility index (Phi) is 7.86. The third-order valence-electron chi connectivity index (χ3n) is 4.09. The second kappa shape index (κ2) is 10.1. The molecule has 4 heteroatoms. The second-order valence-electron chi connectivity index (χ2n) is 6.05. The number of hydrogen-bond donors (Lipinski definition) is 1. The first-order valence-electron chi connectivity index (χ1n) is 8.74. The first kappa shape index (κ1) is 19.4. The topological polar surface area (TPSA) is 38.3 Å². The summed E-state index contributed by atoms with van der Waals surface area (Å²) in [6, 6.07) is 16.2. The van der Waals surface area contributed by atoms with Crippen molar-refractivity contribution in [3.8, 4) is 5.75 Å². The first-order chi connectivity index (χ1) is 12.1. The fourth-order valence-electron chi connectivity index (χ4n) is 2.48. The quantitative estimate of drug-likeness (QED) is 0.671. The van der Waals surface area contributed by atoms with Gasteiger partial charge in [0.25, 0.3) is 5.91 Å². The van der Waals surface area contributed by atoms with Gasteiger partial charge in [-0.15, -0.1) is 0 Å². The summed E-state index contributed by atoms with van der Waals surface area (Å²) in [5.74, 6) is 2.60. The van der Waals surface area contributed by atoms with Gasteiger partial charge in [0.15, 0.2) is 6.10 Å². The van der Waals surface area contributed by atoms with E-state index in [0.717, 1.165) is 22.8 Å². The van der Waals surface area contributed by atoms with Crippen LogP contribution in [0.3, 0.4) is 0 Å². The van der Waals surface area contributed by atoms with Crippen LogP contribution < -0.4 is 10.1 Å². The fourth-order valence-corrected chi connectivity index (χ4v) is 3.41. The average molecular weight is 358 g/mol. The molecule has 0 unspecified atom stereocenters. The predicted octanol–water partition coefficient (Wildman–Crippen LogP) is 4.51. The highest BCUT2D eigenvalue weighted by molar-refractivity contribution is 7.98. The molecule has 0 saturated carbocycles. The third-order valence-corrected chi connectivity index (χ3v) is 5.10. The van der Waals surface area contributed by atoms with Crippen LogP contribution in [0.2, 0.25) is 0 Å². The zero-order valence-corrected chi connectivity index (χ0v) is 16.1. The lowest BCUT2D eigenvalue weighted by Crippen LogP contribution is -2.39. The Morgan fingerprint density at radius 1 is 1.08 bits per heavy atom. The molecule has 0 aromatic heterocycles. The number of para-hydroxylation sites is 1. The van der Waals surface area contributed by atoms with Gasteiger partial charge in [-0.25, -0.2) is 0 Å². The highest BCUT2D eigenvalue weighted by Crippen LogP contribution is 2.19. The number of thioether (sulfide) groups is 1. The van der Waals surface area contributed by atoms with Gasteiger partial charge in [0, 0.05) is 18.1 Å². The standard InChI is InChI=1S/C21H27NO2S/c1-4-19(24-20-12-8-6-10-17(20)3)21(23)22-13-14-25-15-18-11-7-5-9-16(18)2/h5-12,19H,4,13-15H2,1-3H3,(H,22,23)/t19-/m1/s1. The first-order valence-corrected chi connectivity index (χ1v) is 9.89. The van der Waals surface area contributed by atoms with Crippen LogP contribution in [0.5, 0.6) is 5.75 Å². The molecule has 2 aromatic rings. The summed E-state index contributed by atoms with van der Waals surface area (Å²) >= 11 is 1.83. The number of carbonyl (C=O) groups is 1. The molecule has 134 valence electrons. The molecule has 0 spiro atoms. The lowest BCUT2D eigenvalue weighted by Gasteiger charge is -2.18. The Bertz CT molecular complexity index is 687. The van der Waals surface area contributed by atoms with Gasteiger partial charge in [-0.05, 0) is 43.0 Å². The van der Waals surface area contributed by atoms with Gasteiger partial charge >= 0.3 is 0 Å². The van der Waals surface area contributed by atoms with Crippen molar-refractivity contribution < 1.29 is 9.53 Å². The highest BCUT2D eigenvalue weighted by atomic mass is 32.2. The van der Waals surface area contributed by atoms with E-state index >= 15 is 0 Å². The van der Waals surface area contributed by atoms with E-state index in [1.54, 1.807) is 0 Å². The summed E-state index contributed by atoms with van der Waals surface area (Å²) < 4.78 is 5.88. The zero-order chi connectivity index (χ0) is 18.1. The number of rotatable bonds is 9. The molecular weight excluding hydrogens is 330 g/mol. The van der Waals surface area contributed by atoms with Gasteiger partial charge in [-0.2, -0.15) is 11.8 Å². The normalized spacial score (nSPS) is 11.8. The van der Waals surface area contributed by atoms with E-state index in [0.29, 0.717) is 13.0 Å². The summed E-state index contributed by atoms with van der Waals surface area (Å²) in [5.41, 5.74) is 3.72. The van der Waals surface area contributed by atoms with Gasteiger partial charge < -0.3 is 10.1 Å². The molecule has 3 nitrogen and oxygen atoms in total. The second-order valence-corrected chi connectivity index (χ2v) is 7.16. The zero-order valence-electron chi connectivity index (χ0n) is 15.2. The Hall–Kier alpha value is -1.94. The van der Waals surface area contributed by atoms with Crippen molar-refractivity contribution in [3.63, 3.8) is 0 Å². The molecule has 2 aromatic carbocycles. The van der Waals surface area contributed by atoms with Crippen molar-refractivity contribution in [3.05, 3.63) is 65.2 Å². The number of hydrogen-bond acceptors (Lipinski definition) is 3. The fraction of sp³-hybridized carbons (Fsp3) is 0.381. The van der Waals surface area contributed by atoms with Crippen LogP contribution in [0.1, 0.15) is 30.0 Å². The number of nitrogens with one attached hydrogen (secondary N) is 1. The van der Waals surface area contributed by atoms with Gasteiger partial charge in [0.1, 0.15) is 5.75 Å². The van der Waals surface area contributed by atoms with Crippen LogP contribution in [-0.2, 0) is 10.5 Å². The summed E-state index contributed by atoms with van der Waals surface area (Å²) in [4.78, 5) is 12.3. The number of aryl methyl sites for hydroxylation is 2. The molecule has 0 aliphatic rings. The molecule has 1 amide bonds. The summed E-state index contributed by atoms with van der Waals surface area (Å²) in [6.45, 7) is 6.74. The van der Waals surface area contributed by atoms with Crippen molar-refractivity contribution in [2.75, 3.05) is 12.3 Å². The number of ether oxygens (including phenoxy) is 1. The van der Waals surface area contributed by atoms with Crippen LogP contribution in [0, 0.1) is 13.8 Å².